The van der Waals surface area contributed by atoms with Gasteiger partial charge in [0.1, 0.15) is 5.75 Å². The van der Waals surface area contributed by atoms with Gasteiger partial charge in [-0.1, -0.05) is 20.8 Å². The van der Waals surface area contributed by atoms with Crippen molar-refractivity contribution in [1.82, 2.24) is 10.2 Å². The number of aliphatic hydroxyl groups excluding tert-OH is 1. The van der Waals surface area contributed by atoms with Crippen molar-refractivity contribution in [3.63, 3.8) is 0 Å². The summed E-state index contributed by atoms with van der Waals surface area (Å²) in [4.78, 5) is 27.5. The average Bonchev–Trinajstić information content (AvgIpc) is 2.83. The Labute approximate surface area is 203 Å². The number of methoxy groups -OCH3 is 1. The Bertz CT molecular complexity index is 911. The molecule has 7 nitrogen and oxygen atoms in total. The maximum atomic E-state index is 13.0. The van der Waals surface area contributed by atoms with Crippen molar-refractivity contribution in [2.45, 2.75) is 65.0 Å². The first kappa shape index (κ1) is 26.0. The predicted molar refractivity (Wildman–Crippen MR) is 130 cm³/mol. The zero-order chi connectivity index (χ0) is 25.0. The Morgan fingerprint density at radius 2 is 1.94 bits per heavy atom. The molecule has 0 heterocycles. The van der Waals surface area contributed by atoms with Crippen LogP contribution in [0.25, 0.3) is 0 Å². The van der Waals surface area contributed by atoms with Gasteiger partial charge in [0.25, 0.3) is 5.91 Å². The van der Waals surface area contributed by atoms with Crippen LogP contribution < -0.4 is 10.1 Å². The molecule has 34 heavy (non-hydrogen) atoms. The van der Waals surface area contributed by atoms with Crippen LogP contribution in [0.5, 0.6) is 5.75 Å². The fourth-order valence-electron chi connectivity index (χ4n) is 6.35. The van der Waals surface area contributed by atoms with Crippen LogP contribution >= 0.6 is 0 Å². The van der Waals surface area contributed by atoms with Gasteiger partial charge in [-0.05, 0) is 73.1 Å². The Morgan fingerprint density at radius 1 is 1.29 bits per heavy atom. The normalized spacial score (nSPS) is 31.5. The minimum atomic E-state index is -0.613. The number of benzene rings is 1. The molecule has 2 N–H and O–H groups in total. The van der Waals surface area contributed by atoms with Gasteiger partial charge in [0.05, 0.1) is 25.7 Å². The highest BCUT2D eigenvalue weighted by molar-refractivity contribution is 5.94. The van der Waals surface area contributed by atoms with Gasteiger partial charge < -0.3 is 20.1 Å². The first-order valence-corrected chi connectivity index (χ1v) is 12.4. The van der Waals surface area contributed by atoms with Crippen molar-refractivity contribution in [2.24, 2.45) is 29.1 Å². The van der Waals surface area contributed by atoms with E-state index in [1.807, 2.05) is 6.92 Å². The third-order valence-electron chi connectivity index (χ3n) is 8.52. The summed E-state index contributed by atoms with van der Waals surface area (Å²) in [6.45, 7) is 6.68. The highest BCUT2D eigenvalue weighted by atomic mass is 16.5. The van der Waals surface area contributed by atoms with E-state index in [0.717, 1.165) is 25.7 Å². The lowest BCUT2D eigenvalue weighted by molar-refractivity contribution is -0.149. The monoisotopic (exact) mass is 469 g/mol. The van der Waals surface area contributed by atoms with E-state index in [1.54, 1.807) is 43.3 Å². The number of amides is 2. The minimum Gasteiger partial charge on any atom is -0.497 e. The van der Waals surface area contributed by atoms with Crippen LogP contribution in [0.2, 0.25) is 0 Å². The smallest absolute Gasteiger partial charge is 0.251 e. The summed E-state index contributed by atoms with van der Waals surface area (Å²) in [7, 11) is 3.32. The number of rotatable bonds is 7. The fraction of sp³-hybridized carbons (Fsp3) is 0.667. The number of carbonyl (C=O) groups is 2. The van der Waals surface area contributed by atoms with Gasteiger partial charge >= 0.3 is 0 Å². The van der Waals surface area contributed by atoms with E-state index < -0.39 is 6.10 Å². The molecule has 2 aliphatic carbocycles. The van der Waals surface area contributed by atoms with Crippen molar-refractivity contribution in [3.05, 3.63) is 29.8 Å². The number of hydrogen-bond acceptors (Lipinski definition) is 5. The van der Waals surface area contributed by atoms with Gasteiger partial charge in [0.2, 0.25) is 5.91 Å². The van der Waals surface area contributed by atoms with E-state index >= 15 is 0 Å². The fourth-order valence-corrected chi connectivity index (χ4v) is 6.35. The lowest BCUT2D eigenvalue weighted by Gasteiger charge is -2.56. The van der Waals surface area contributed by atoms with Crippen molar-refractivity contribution in [3.8, 4) is 11.8 Å². The van der Waals surface area contributed by atoms with Crippen LogP contribution in [0.15, 0.2) is 24.3 Å². The molecule has 1 aromatic carbocycles. The summed E-state index contributed by atoms with van der Waals surface area (Å²) >= 11 is 0. The number of nitriles is 1. The summed E-state index contributed by atoms with van der Waals surface area (Å²) in [6, 6.07) is 9.11. The van der Waals surface area contributed by atoms with Gasteiger partial charge in [-0.3, -0.25) is 9.59 Å². The molecule has 2 amide bonds. The lowest BCUT2D eigenvalue weighted by atomic mass is 9.51. The van der Waals surface area contributed by atoms with Crippen molar-refractivity contribution in [2.75, 3.05) is 20.7 Å². The summed E-state index contributed by atoms with van der Waals surface area (Å²) in [5.41, 5.74) is 0.578. The van der Waals surface area contributed by atoms with Gasteiger partial charge in [-0.25, -0.2) is 0 Å². The number of ether oxygens (including phenoxy) is 1. The second-order valence-corrected chi connectivity index (χ2v) is 10.5. The van der Waals surface area contributed by atoms with E-state index in [0.29, 0.717) is 24.3 Å². The Kier molecular flexibility index (Phi) is 8.25. The maximum Gasteiger partial charge on any atom is 0.251 e. The summed E-state index contributed by atoms with van der Waals surface area (Å²) < 4.78 is 5.18. The number of hydrogen-bond donors (Lipinski definition) is 2. The third-order valence-corrected chi connectivity index (χ3v) is 8.52. The van der Waals surface area contributed by atoms with Gasteiger partial charge in [-0.15, -0.1) is 0 Å². The molecule has 7 heteroatoms. The first-order valence-electron chi connectivity index (χ1n) is 12.4. The van der Waals surface area contributed by atoms with Crippen molar-refractivity contribution in [1.29, 1.82) is 5.26 Å². The zero-order valence-electron chi connectivity index (χ0n) is 21.1. The molecule has 0 aromatic heterocycles. The van der Waals surface area contributed by atoms with Crippen LogP contribution in [0.3, 0.4) is 0 Å². The number of carbonyl (C=O) groups excluding carboxylic acids is 2. The number of fused-ring (bicyclic) bond motifs is 1. The van der Waals surface area contributed by atoms with Crippen molar-refractivity contribution < 1.29 is 19.4 Å². The molecule has 2 saturated carbocycles. The molecule has 0 radical (unpaired) electrons. The van der Waals surface area contributed by atoms with Crippen LogP contribution in [0.1, 0.15) is 63.2 Å². The molecule has 0 saturated heterocycles. The van der Waals surface area contributed by atoms with Crippen LogP contribution in [-0.4, -0.2) is 54.7 Å². The Hall–Kier alpha value is -2.59. The molecule has 0 spiro atoms. The van der Waals surface area contributed by atoms with Crippen LogP contribution in [0.4, 0.5) is 0 Å². The Balaban J connectivity index is 1.72. The highest BCUT2D eigenvalue weighted by Gasteiger charge is 2.54. The van der Waals surface area contributed by atoms with E-state index in [2.05, 4.69) is 25.2 Å². The summed E-state index contributed by atoms with van der Waals surface area (Å²) in [5, 5.41) is 23.6. The second-order valence-electron chi connectivity index (χ2n) is 10.5. The largest absolute Gasteiger partial charge is 0.497 e. The topological polar surface area (TPSA) is 103 Å². The van der Waals surface area contributed by atoms with Gasteiger partial charge in [-0.2, -0.15) is 5.26 Å². The second kappa shape index (κ2) is 10.8. The van der Waals surface area contributed by atoms with E-state index in [1.165, 1.54) is 0 Å². The SMILES string of the molecule is COc1ccc(C(=O)N[C@H]2CC[C@@]3(C)CC[C@@H]([C@H](C)C(=O)N(C)CCC#N)[C@H](O)[C@H]3[C@H]2C)cc1. The van der Waals surface area contributed by atoms with E-state index in [9.17, 15) is 14.7 Å². The van der Waals surface area contributed by atoms with Crippen LogP contribution in [0, 0.1) is 40.4 Å². The number of aliphatic hydroxyl groups is 1. The third kappa shape index (κ3) is 5.22. The highest BCUT2D eigenvalue weighted by Crippen LogP contribution is 2.55. The number of nitrogens with one attached hydrogen (secondary N) is 1. The van der Waals surface area contributed by atoms with Crippen molar-refractivity contribution >= 4 is 11.8 Å². The molecular formula is C27H39N3O4. The molecular weight excluding hydrogens is 430 g/mol. The minimum absolute atomic E-state index is 0.000770. The zero-order valence-corrected chi connectivity index (χ0v) is 21.1. The molecule has 186 valence electrons. The molecule has 0 aliphatic heterocycles. The van der Waals surface area contributed by atoms with E-state index in [4.69, 9.17) is 10.00 Å². The summed E-state index contributed by atoms with van der Waals surface area (Å²) in [6.07, 6.45) is 3.27. The summed E-state index contributed by atoms with van der Waals surface area (Å²) in [5.74, 6) is 0.205. The molecule has 0 unspecified atom stereocenters. The average molecular weight is 470 g/mol. The number of nitrogens with zero attached hydrogens (tertiary/aromatic N) is 2. The standard InChI is InChI=1S/C27H39N3O4/c1-17(26(33)30(4)16-6-15-28)21-11-13-27(3)14-12-22(18(2)23(27)24(21)31)29-25(32)19-7-9-20(34-5)10-8-19/h7-10,17-18,21-24,31H,6,11-14,16H2,1-5H3,(H,29,32)/t17-,18-,21-,22-,23+,24-,27+/m0/s1. The van der Waals surface area contributed by atoms with Gasteiger partial charge in [0.15, 0.2) is 0 Å². The molecule has 2 aliphatic rings. The quantitative estimate of drug-likeness (QED) is 0.635. The molecule has 0 bridgehead atoms. The lowest BCUT2D eigenvalue weighted by Crippen LogP contribution is -2.58. The van der Waals surface area contributed by atoms with E-state index in [-0.39, 0.29) is 46.9 Å². The molecule has 1 aromatic rings. The predicted octanol–water partition coefficient (Wildman–Crippen LogP) is 3.63. The maximum absolute atomic E-state index is 13.0. The molecule has 3 rings (SSSR count). The van der Waals surface area contributed by atoms with Crippen LogP contribution in [-0.2, 0) is 4.79 Å². The van der Waals surface area contributed by atoms with Gasteiger partial charge in [0, 0.05) is 31.1 Å². The molecule has 7 atom stereocenters. The first-order chi connectivity index (χ1) is 16.1. The Morgan fingerprint density at radius 3 is 2.56 bits per heavy atom. The molecule has 2 fully saturated rings.